The quantitative estimate of drug-likeness (QED) is 0.887. The van der Waals surface area contributed by atoms with Crippen LogP contribution in [0.15, 0.2) is 24.3 Å². The van der Waals surface area contributed by atoms with E-state index in [-0.39, 0.29) is 6.42 Å². The molecule has 19 heavy (non-hydrogen) atoms. The molecule has 0 radical (unpaired) electrons. The van der Waals surface area contributed by atoms with Crippen LogP contribution in [0.2, 0.25) is 0 Å². The molecule has 1 aromatic carbocycles. The number of methoxy groups -OCH3 is 1. The van der Waals surface area contributed by atoms with E-state index in [0.29, 0.717) is 5.92 Å². The minimum absolute atomic E-state index is 0.279. The number of hydrogen-bond donors (Lipinski definition) is 1. The topological polar surface area (TPSA) is 49.8 Å². The van der Waals surface area contributed by atoms with Crippen LogP contribution in [0.3, 0.4) is 0 Å². The van der Waals surface area contributed by atoms with Gasteiger partial charge in [0.1, 0.15) is 5.75 Å². The minimum atomic E-state index is -0.693. The number of aliphatic carboxylic acids is 1. The van der Waals surface area contributed by atoms with Gasteiger partial charge < -0.3 is 14.7 Å². The summed E-state index contributed by atoms with van der Waals surface area (Å²) in [7, 11) is 1.66. The average Bonchev–Trinajstić information content (AvgIpc) is 2.45. The molecule has 1 aliphatic heterocycles. The summed E-state index contributed by atoms with van der Waals surface area (Å²) >= 11 is 0. The van der Waals surface area contributed by atoms with Gasteiger partial charge in [-0.25, -0.2) is 0 Å². The number of nitrogens with zero attached hydrogens (tertiary/aromatic N) is 1. The van der Waals surface area contributed by atoms with Crippen molar-refractivity contribution in [1.29, 1.82) is 0 Å². The molecule has 1 aromatic rings. The van der Waals surface area contributed by atoms with Crippen LogP contribution in [-0.2, 0) is 4.79 Å². The van der Waals surface area contributed by atoms with E-state index in [1.54, 1.807) is 7.11 Å². The van der Waals surface area contributed by atoms with Crippen LogP contribution in [0.4, 0.5) is 5.69 Å². The van der Waals surface area contributed by atoms with Crippen molar-refractivity contribution in [1.82, 2.24) is 0 Å². The molecule has 1 aliphatic rings. The number of hydrogen-bond acceptors (Lipinski definition) is 3. The summed E-state index contributed by atoms with van der Waals surface area (Å²) in [6.45, 7) is 2.01. The summed E-state index contributed by atoms with van der Waals surface area (Å²) in [4.78, 5) is 13.0. The van der Waals surface area contributed by atoms with Gasteiger partial charge in [-0.05, 0) is 49.4 Å². The lowest BCUT2D eigenvalue weighted by molar-refractivity contribution is -0.137. The Morgan fingerprint density at radius 2 is 2.16 bits per heavy atom. The van der Waals surface area contributed by atoms with E-state index in [0.717, 1.165) is 38.1 Å². The van der Waals surface area contributed by atoms with Crippen LogP contribution in [0.1, 0.15) is 25.7 Å². The average molecular weight is 263 g/mol. The zero-order valence-electron chi connectivity index (χ0n) is 11.3. The Balaban J connectivity index is 1.94. The molecule has 4 nitrogen and oxygen atoms in total. The Morgan fingerprint density at radius 3 is 2.79 bits per heavy atom. The maximum absolute atomic E-state index is 10.6. The first-order valence-corrected chi connectivity index (χ1v) is 6.80. The van der Waals surface area contributed by atoms with E-state index in [1.165, 1.54) is 5.69 Å². The standard InChI is InChI=1S/C15H21NO3/c1-19-14-7-5-13(6-8-14)16-10-2-3-12(11-16)4-9-15(17)18/h5-8,12H,2-4,9-11H2,1H3,(H,17,18). The molecule has 4 heteroatoms. The highest BCUT2D eigenvalue weighted by Crippen LogP contribution is 2.27. The van der Waals surface area contributed by atoms with E-state index < -0.39 is 5.97 Å². The van der Waals surface area contributed by atoms with Crippen molar-refractivity contribution in [3.63, 3.8) is 0 Å². The van der Waals surface area contributed by atoms with Gasteiger partial charge in [0.05, 0.1) is 7.11 Å². The molecule has 1 unspecified atom stereocenters. The molecule has 0 saturated carbocycles. The molecule has 0 bridgehead atoms. The Kier molecular flexibility index (Phi) is 4.66. The molecule has 0 amide bonds. The SMILES string of the molecule is COc1ccc(N2CCCC(CCC(=O)O)C2)cc1. The van der Waals surface area contributed by atoms with E-state index in [9.17, 15) is 4.79 Å². The first kappa shape index (κ1) is 13.7. The smallest absolute Gasteiger partial charge is 0.303 e. The van der Waals surface area contributed by atoms with Gasteiger partial charge in [0.25, 0.3) is 0 Å². The number of rotatable bonds is 5. The summed E-state index contributed by atoms with van der Waals surface area (Å²) in [5.41, 5.74) is 1.20. The molecule has 0 aromatic heterocycles. The van der Waals surface area contributed by atoms with E-state index in [2.05, 4.69) is 17.0 Å². The molecule has 0 aliphatic carbocycles. The molecule has 104 valence electrons. The van der Waals surface area contributed by atoms with Gasteiger partial charge in [0, 0.05) is 25.2 Å². The summed E-state index contributed by atoms with van der Waals surface area (Å²) < 4.78 is 5.16. The Morgan fingerprint density at radius 1 is 1.42 bits per heavy atom. The second kappa shape index (κ2) is 6.45. The third-order valence-corrected chi connectivity index (χ3v) is 3.72. The maximum atomic E-state index is 10.6. The van der Waals surface area contributed by atoms with Gasteiger partial charge in [-0.2, -0.15) is 0 Å². The highest BCUT2D eigenvalue weighted by molar-refractivity contribution is 5.66. The van der Waals surface area contributed by atoms with Crippen molar-refractivity contribution >= 4 is 11.7 Å². The summed E-state index contributed by atoms with van der Waals surface area (Å²) in [5, 5.41) is 8.76. The molecular weight excluding hydrogens is 242 g/mol. The number of ether oxygens (including phenoxy) is 1. The Labute approximate surface area is 114 Å². The second-order valence-corrected chi connectivity index (χ2v) is 5.08. The minimum Gasteiger partial charge on any atom is -0.497 e. The number of piperidine rings is 1. The largest absolute Gasteiger partial charge is 0.497 e. The summed E-state index contributed by atoms with van der Waals surface area (Å²) in [6.07, 6.45) is 3.33. The molecule has 1 heterocycles. The van der Waals surface area contributed by atoms with E-state index in [4.69, 9.17) is 9.84 Å². The molecule has 1 fully saturated rings. The Hall–Kier alpha value is -1.71. The van der Waals surface area contributed by atoms with Gasteiger partial charge in [-0.3, -0.25) is 4.79 Å². The van der Waals surface area contributed by atoms with E-state index in [1.807, 2.05) is 12.1 Å². The number of anilines is 1. The maximum Gasteiger partial charge on any atom is 0.303 e. The van der Waals surface area contributed by atoms with Gasteiger partial charge in [-0.1, -0.05) is 0 Å². The van der Waals surface area contributed by atoms with Crippen molar-refractivity contribution in [3.05, 3.63) is 24.3 Å². The molecule has 0 spiro atoms. The predicted molar refractivity (Wildman–Crippen MR) is 74.8 cm³/mol. The van der Waals surface area contributed by atoms with Crippen molar-refractivity contribution in [2.24, 2.45) is 5.92 Å². The van der Waals surface area contributed by atoms with Crippen LogP contribution in [0.25, 0.3) is 0 Å². The van der Waals surface area contributed by atoms with Crippen molar-refractivity contribution < 1.29 is 14.6 Å². The van der Waals surface area contributed by atoms with Crippen LogP contribution < -0.4 is 9.64 Å². The van der Waals surface area contributed by atoms with Gasteiger partial charge in [-0.15, -0.1) is 0 Å². The molecule has 2 rings (SSSR count). The molecule has 1 N–H and O–H groups in total. The number of benzene rings is 1. The highest BCUT2D eigenvalue weighted by Gasteiger charge is 2.20. The van der Waals surface area contributed by atoms with Gasteiger partial charge >= 0.3 is 5.97 Å². The van der Waals surface area contributed by atoms with Crippen LogP contribution in [0, 0.1) is 5.92 Å². The fourth-order valence-electron chi connectivity index (χ4n) is 2.66. The highest BCUT2D eigenvalue weighted by atomic mass is 16.5. The number of carboxylic acids is 1. The Bertz CT molecular complexity index is 416. The zero-order valence-corrected chi connectivity index (χ0v) is 11.3. The molecular formula is C15H21NO3. The third-order valence-electron chi connectivity index (χ3n) is 3.72. The fourth-order valence-corrected chi connectivity index (χ4v) is 2.66. The molecule has 1 atom stereocenters. The lowest BCUT2D eigenvalue weighted by Crippen LogP contribution is -2.35. The number of carboxylic acid groups (broad SMARTS) is 1. The number of carbonyl (C=O) groups is 1. The van der Waals surface area contributed by atoms with Crippen molar-refractivity contribution in [2.45, 2.75) is 25.7 Å². The van der Waals surface area contributed by atoms with E-state index >= 15 is 0 Å². The third kappa shape index (κ3) is 3.88. The van der Waals surface area contributed by atoms with Crippen LogP contribution in [0.5, 0.6) is 5.75 Å². The van der Waals surface area contributed by atoms with Gasteiger partial charge in [0.2, 0.25) is 0 Å². The summed E-state index contributed by atoms with van der Waals surface area (Å²) in [6, 6.07) is 8.07. The normalized spacial score (nSPS) is 19.2. The predicted octanol–water partition coefficient (Wildman–Crippen LogP) is 2.78. The van der Waals surface area contributed by atoms with Gasteiger partial charge in [0.15, 0.2) is 0 Å². The molecule has 1 saturated heterocycles. The van der Waals surface area contributed by atoms with Crippen LogP contribution >= 0.6 is 0 Å². The lowest BCUT2D eigenvalue weighted by atomic mass is 9.93. The fraction of sp³-hybridized carbons (Fsp3) is 0.533. The second-order valence-electron chi connectivity index (χ2n) is 5.08. The lowest BCUT2D eigenvalue weighted by Gasteiger charge is -2.34. The van der Waals surface area contributed by atoms with Crippen molar-refractivity contribution in [3.8, 4) is 5.75 Å². The monoisotopic (exact) mass is 263 g/mol. The van der Waals surface area contributed by atoms with Crippen LogP contribution in [-0.4, -0.2) is 31.3 Å². The first-order valence-electron chi connectivity index (χ1n) is 6.80. The van der Waals surface area contributed by atoms with Crippen molar-refractivity contribution in [2.75, 3.05) is 25.1 Å². The first-order chi connectivity index (χ1) is 9.19. The zero-order chi connectivity index (χ0) is 13.7. The summed E-state index contributed by atoms with van der Waals surface area (Å²) in [5.74, 6) is 0.664.